The van der Waals surface area contributed by atoms with Crippen molar-refractivity contribution in [1.29, 1.82) is 0 Å². The predicted molar refractivity (Wildman–Crippen MR) is 45.7 cm³/mol. The molecule has 0 heterocycles. The maximum Gasteiger partial charge on any atom is 0.209 e. The lowest BCUT2D eigenvalue weighted by Crippen LogP contribution is -2.43. The molecule has 0 rings (SSSR count). The third kappa shape index (κ3) is 5.17. The van der Waals surface area contributed by atoms with Crippen molar-refractivity contribution < 1.29 is 8.42 Å². The van der Waals surface area contributed by atoms with Crippen LogP contribution in [-0.4, -0.2) is 27.3 Å². The Morgan fingerprint density at radius 1 is 1.45 bits per heavy atom. The molecule has 0 amide bonds. The van der Waals surface area contributed by atoms with Gasteiger partial charge in [-0.2, -0.15) is 0 Å². The molecule has 0 radical (unpaired) electrons. The van der Waals surface area contributed by atoms with Crippen molar-refractivity contribution in [3.05, 3.63) is 0 Å². The van der Waals surface area contributed by atoms with Crippen LogP contribution in [0.5, 0.6) is 0 Å². The molecule has 3 N–H and O–H groups in total. The molecule has 1 atom stereocenters. The van der Waals surface area contributed by atoms with Gasteiger partial charge < -0.3 is 5.73 Å². The maximum absolute atomic E-state index is 10.7. The molecule has 0 aromatic heterocycles. The van der Waals surface area contributed by atoms with Gasteiger partial charge in [0.25, 0.3) is 0 Å². The lowest BCUT2D eigenvalue weighted by Gasteiger charge is -2.18. The fourth-order valence-electron chi connectivity index (χ4n) is 0.731. The average molecular weight is 180 g/mol. The summed E-state index contributed by atoms with van der Waals surface area (Å²) < 4.78 is 23.9. The van der Waals surface area contributed by atoms with Gasteiger partial charge >= 0.3 is 0 Å². The molecule has 0 saturated carbocycles. The third-order valence-corrected chi connectivity index (χ3v) is 2.16. The number of nitrogens with one attached hydrogen (secondary N) is 1. The topological polar surface area (TPSA) is 72.2 Å². The van der Waals surface area contributed by atoms with Gasteiger partial charge in [-0.3, -0.25) is 0 Å². The minimum absolute atomic E-state index is 0.148. The minimum atomic E-state index is -3.11. The Bertz CT molecular complexity index is 199. The van der Waals surface area contributed by atoms with Crippen LogP contribution >= 0.6 is 0 Å². The van der Waals surface area contributed by atoms with E-state index in [0.717, 1.165) is 6.26 Å². The Labute approximate surface area is 68.2 Å². The Morgan fingerprint density at radius 3 is 2.00 bits per heavy atom. The molecular formula is C6H16N2O2S. The molecule has 0 fully saturated rings. The molecule has 0 bridgehead atoms. The first-order valence-corrected chi connectivity index (χ1v) is 5.43. The molecule has 68 valence electrons. The summed E-state index contributed by atoms with van der Waals surface area (Å²) >= 11 is 0. The summed E-state index contributed by atoms with van der Waals surface area (Å²) in [6.07, 6.45) is 1.14. The second kappa shape index (κ2) is 4.04. The first-order chi connectivity index (χ1) is 4.87. The lowest BCUT2D eigenvalue weighted by molar-refractivity contribution is 0.456. The quantitative estimate of drug-likeness (QED) is 0.613. The van der Waals surface area contributed by atoms with E-state index in [0.29, 0.717) is 6.54 Å². The number of sulfonamides is 1. The van der Waals surface area contributed by atoms with Gasteiger partial charge in [0.15, 0.2) is 0 Å². The van der Waals surface area contributed by atoms with E-state index in [9.17, 15) is 8.42 Å². The molecule has 0 unspecified atom stereocenters. The fraction of sp³-hybridized carbons (Fsp3) is 1.00. The monoisotopic (exact) mass is 180 g/mol. The standard InChI is InChI=1S/C6H16N2O2S/c1-5(2)6(4-7)8-11(3,9)10/h5-6,8H,4,7H2,1-3H3/t6-/m1/s1. The highest BCUT2D eigenvalue weighted by atomic mass is 32.2. The van der Waals surface area contributed by atoms with E-state index in [1.165, 1.54) is 0 Å². The van der Waals surface area contributed by atoms with E-state index >= 15 is 0 Å². The van der Waals surface area contributed by atoms with E-state index in [2.05, 4.69) is 4.72 Å². The SMILES string of the molecule is CC(C)[C@@H](CN)NS(C)(=O)=O. The van der Waals surface area contributed by atoms with Gasteiger partial charge in [-0.1, -0.05) is 13.8 Å². The van der Waals surface area contributed by atoms with Crippen molar-refractivity contribution in [2.45, 2.75) is 19.9 Å². The fourth-order valence-corrected chi connectivity index (χ4v) is 1.65. The molecular weight excluding hydrogens is 164 g/mol. The van der Waals surface area contributed by atoms with Crippen LogP contribution in [-0.2, 0) is 10.0 Å². The molecule has 0 spiro atoms. The Hall–Kier alpha value is -0.130. The number of hydrogen-bond acceptors (Lipinski definition) is 3. The normalized spacial score (nSPS) is 15.4. The number of hydrogen-bond donors (Lipinski definition) is 2. The molecule has 0 aromatic carbocycles. The maximum atomic E-state index is 10.7. The zero-order valence-electron chi connectivity index (χ0n) is 7.16. The zero-order valence-corrected chi connectivity index (χ0v) is 7.98. The van der Waals surface area contributed by atoms with Gasteiger partial charge in [0.05, 0.1) is 6.26 Å². The van der Waals surface area contributed by atoms with Gasteiger partial charge in [-0.25, -0.2) is 13.1 Å². The summed E-state index contributed by atoms with van der Waals surface area (Å²) in [6.45, 7) is 4.19. The van der Waals surface area contributed by atoms with Crippen molar-refractivity contribution in [2.75, 3.05) is 12.8 Å². The predicted octanol–water partition coefficient (Wildman–Crippen LogP) is -0.481. The molecule has 5 heteroatoms. The molecule has 0 aliphatic rings. The Morgan fingerprint density at radius 2 is 1.91 bits per heavy atom. The van der Waals surface area contributed by atoms with Gasteiger partial charge in [0, 0.05) is 12.6 Å². The van der Waals surface area contributed by atoms with Crippen LogP contribution in [0.25, 0.3) is 0 Å². The lowest BCUT2D eigenvalue weighted by atomic mass is 10.1. The molecule has 0 aliphatic carbocycles. The summed E-state index contributed by atoms with van der Waals surface area (Å²) in [6, 6.07) is -0.148. The number of rotatable bonds is 4. The van der Waals surface area contributed by atoms with E-state index < -0.39 is 10.0 Å². The summed E-state index contributed by atoms with van der Waals surface area (Å²) in [5.74, 6) is 0.231. The highest BCUT2D eigenvalue weighted by Gasteiger charge is 2.14. The van der Waals surface area contributed by atoms with Crippen LogP contribution in [0.3, 0.4) is 0 Å². The van der Waals surface area contributed by atoms with Crippen LogP contribution in [0.4, 0.5) is 0 Å². The molecule has 0 aliphatic heterocycles. The van der Waals surface area contributed by atoms with Crippen molar-refractivity contribution in [3.8, 4) is 0 Å². The van der Waals surface area contributed by atoms with Gasteiger partial charge in [0.2, 0.25) is 10.0 Å². The average Bonchev–Trinajstić information content (AvgIpc) is 1.80. The van der Waals surface area contributed by atoms with Crippen molar-refractivity contribution in [1.82, 2.24) is 4.72 Å². The van der Waals surface area contributed by atoms with Gasteiger partial charge in [-0.15, -0.1) is 0 Å². The summed E-state index contributed by atoms with van der Waals surface area (Å²) in [4.78, 5) is 0. The third-order valence-electron chi connectivity index (χ3n) is 1.42. The van der Waals surface area contributed by atoms with Gasteiger partial charge in [0.1, 0.15) is 0 Å². The second-order valence-corrected chi connectivity index (χ2v) is 4.76. The van der Waals surface area contributed by atoms with Crippen LogP contribution in [0.15, 0.2) is 0 Å². The van der Waals surface area contributed by atoms with Crippen molar-refractivity contribution >= 4 is 10.0 Å². The van der Waals surface area contributed by atoms with Crippen LogP contribution in [0, 0.1) is 5.92 Å². The summed E-state index contributed by atoms with van der Waals surface area (Å²) in [5, 5.41) is 0. The Kier molecular flexibility index (Phi) is 3.99. The van der Waals surface area contributed by atoms with E-state index in [1.54, 1.807) is 0 Å². The minimum Gasteiger partial charge on any atom is -0.329 e. The van der Waals surface area contributed by atoms with E-state index in [-0.39, 0.29) is 12.0 Å². The first kappa shape index (κ1) is 10.9. The highest BCUT2D eigenvalue weighted by molar-refractivity contribution is 7.88. The molecule has 4 nitrogen and oxygen atoms in total. The molecule has 0 aromatic rings. The van der Waals surface area contributed by atoms with Gasteiger partial charge in [-0.05, 0) is 5.92 Å². The number of nitrogens with two attached hydrogens (primary N) is 1. The largest absolute Gasteiger partial charge is 0.329 e. The molecule has 0 saturated heterocycles. The van der Waals surface area contributed by atoms with Crippen LogP contribution in [0.2, 0.25) is 0 Å². The van der Waals surface area contributed by atoms with Crippen LogP contribution in [0.1, 0.15) is 13.8 Å². The highest BCUT2D eigenvalue weighted by Crippen LogP contribution is 2.00. The summed E-state index contributed by atoms with van der Waals surface area (Å²) in [5.41, 5.74) is 5.35. The smallest absolute Gasteiger partial charge is 0.209 e. The second-order valence-electron chi connectivity index (χ2n) is 2.98. The Balaban J connectivity index is 4.10. The van der Waals surface area contributed by atoms with Crippen molar-refractivity contribution in [3.63, 3.8) is 0 Å². The first-order valence-electron chi connectivity index (χ1n) is 3.54. The van der Waals surface area contributed by atoms with E-state index in [4.69, 9.17) is 5.73 Å². The van der Waals surface area contributed by atoms with E-state index in [1.807, 2.05) is 13.8 Å². The van der Waals surface area contributed by atoms with Crippen LogP contribution < -0.4 is 10.5 Å². The molecule has 11 heavy (non-hydrogen) atoms. The van der Waals surface area contributed by atoms with Crippen molar-refractivity contribution in [2.24, 2.45) is 11.7 Å². The summed E-state index contributed by atoms with van der Waals surface area (Å²) in [7, 11) is -3.11. The zero-order chi connectivity index (χ0) is 9.07.